The molecule has 1 aromatic heterocycles. The van der Waals surface area contributed by atoms with Crippen molar-refractivity contribution < 1.29 is 9.59 Å². The molecule has 0 bridgehead atoms. The number of carbonyl (C=O) groups is 2. The van der Waals surface area contributed by atoms with Crippen molar-refractivity contribution in [1.29, 1.82) is 0 Å². The zero-order valence-corrected chi connectivity index (χ0v) is 14.2. The molecule has 0 spiro atoms. The van der Waals surface area contributed by atoms with Gasteiger partial charge in [-0.3, -0.25) is 14.3 Å². The molecule has 4 N–H and O–H groups in total. The SMILES string of the molecule is CNC(C(=O)N[C@H](CC(N)=O)c1cccc(Cl)c1)c1cnn(C)c1. The summed E-state index contributed by atoms with van der Waals surface area (Å²) >= 11 is 6.00. The molecule has 2 aromatic rings. The Morgan fingerprint density at radius 2 is 2.12 bits per heavy atom. The summed E-state index contributed by atoms with van der Waals surface area (Å²) in [7, 11) is 3.45. The number of nitrogens with zero attached hydrogens (tertiary/aromatic N) is 2. The number of hydrogen-bond acceptors (Lipinski definition) is 4. The Balaban J connectivity index is 2.21. The molecule has 24 heavy (non-hydrogen) atoms. The number of hydrogen-bond donors (Lipinski definition) is 3. The minimum atomic E-state index is -0.590. The molecule has 128 valence electrons. The van der Waals surface area contributed by atoms with E-state index in [-0.39, 0.29) is 12.3 Å². The Morgan fingerprint density at radius 1 is 1.38 bits per heavy atom. The van der Waals surface area contributed by atoms with Gasteiger partial charge in [0, 0.05) is 23.8 Å². The van der Waals surface area contributed by atoms with E-state index in [0.29, 0.717) is 5.02 Å². The average molecular weight is 350 g/mol. The lowest BCUT2D eigenvalue weighted by Gasteiger charge is -2.22. The fraction of sp³-hybridized carbons (Fsp3) is 0.312. The van der Waals surface area contributed by atoms with Crippen molar-refractivity contribution in [2.75, 3.05) is 7.05 Å². The van der Waals surface area contributed by atoms with Crippen LogP contribution in [0.15, 0.2) is 36.7 Å². The van der Waals surface area contributed by atoms with Gasteiger partial charge >= 0.3 is 0 Å². The highest BCUT2D eigenvalue weighted by atomic mass is 35.5. The van der Waals surface area contributed by atoms with Crippen LogP contribution in [-0.4, -0.2) is 28.6 Å². The lowest BCUT2D eigenvalue weighted by molar-refractivity contribution is -0.124. The molecule has 2 atom stereocenters. The Hall–Kier alpha value is -2.38. The summed E-state index contributed by atoms with van der Waals surface area (Å²) in [4.78, 5) is 24.0. The highest BCUT2D eigenvalue weighted by Gasteiger charge is 2.24. The van der Waals surface area contributed by atoms with Crippen LogP contribution in [-0.2, 0) is 16.6 Å². The number of primary amides is 1. The van der Waals surface area contributed by atoms with Crippen LogP contribution in [0.25, 0.3) is 0 Å². The first-order valence-corrected chi connectivity index (χ1v) is 7.78. The Kier molecular flexibility index (Phi) is 5.94. The molecule has 0 aliphatic carbocycles. The number of rotatable bonds is 7. The third-order valence-electron chi connectivity index (χ3n) is 3.58. The molecule has 2 rings (SSSR count). The van der Waals surface area contributed by atoms with Gasteiger partial charge in [0.05, 0.1) is 18.7 Å². The standard InChI is InChI=1S/C16H20ClN5O2/c1-19-15(11-8-20-22(2)9-11)16(24)21-13(7-14(18)23)10-4-3-5-12(17)6-10/h3-6,8-9,13,15,19H,7H2,1-2H3,(H2,18,23)(H,21,24)/t13-,15?/m1/s1. The van der Waals surface area contributed by atoms with Crippen LogP contribution < -0.4 is 16.4 Å². The average Bonchev–Trinajstić information content (AvgIpc) is 2.93. The van der Waals surface area contributed by atoms with Crippen molar-refractivity contribution in [3.05, 3.63) is 52.8 Å². The summed E-state index contributed by atoms with van der Waals surface area (Å²) in [5.74, 6) is -0.792. The van der Waals surface area contributed by atoms with Crippen LogP contribution in [0.3, 0.4) is 0 Å². The summed E-state index contributed by atoms with van der Waals surface area (Å²) in [5.41, 5.74) is 6.76. The van der Waals surface area contributed by atoms with E-state index in [0.717, 1.165) is 11.1 Å². The van der Waals surface area contributed by atoms with Gasteiger partial charge in [-0.15, -0.1) is 0 Å². The summed E-state index contributed by atoms with van der Waals surface area (Å²) < 4.78 is 1.62. The smallest absolute Gasteiger partial charge is 0.242 e. The van der Waals surface area contributed by atoms with E-state index < -0.39 is 18.0 Å². The molecule has 2 amide bonds. The van der Waals surface area contributed by atoms with Crippen molar-refractivity contribution in [2.45, 2.75) is 18.5 Å². The maximum absolute atomic E-state index is 12.6. The quantitative estimate of drug-likeness (QED) is 0.695. The fourth-order valence-electron chi connectivity index (χ4n) is 2.47. The van der Waals surface area contributed by atoms with Gasteiger partial charge in [-0.05, 0) is 24.7 Å². The molecule has 0 saturated heterocycles. The number of halogens is 1. The van der Waals surface area contributed by atoms with E-state index in [2.05, 4.69) is 15.7 Å². The van der Waals surface area contributed by atoms with Crippen LogP contribution in [0.4, 0.5) is 0 Å². The van der Waals surface area contributed by atoms with Crippen molar-refractivity contribution in [2.24, 2.45) is 12.8 Å². The number of aromatic nitrogens is 2. The second-order valence-electron chi connectivity index (χ2n) is 5.46. The van der Waals surface area contributed by atoms with Gasteiger partial charge in [0.1, 0.15) is 6.04 Å². The number of benzene rings is 1. The summed E-state index contributed by atoms with van der Waals surface area (Å²) in [6.45, 7) is 0. The first kappa shape index (κ1) is 18.0. The molecule has 1 unspecified atom stereocenters. The van der Waals surface area contributed by atoms with Gasteiger partial charge in [-0.1, -0.05) is 23.7 Å². The Labute approximate surface area is 145 Å². The van der Waals surface area contributed by atoms with E-state index in [9.17, 15) is 9.59 Å². The van der Waals surface area contributed by atoms with Crippen LogP contribution >= 0.6 is 11.6 Å². The van der Waals surface area contributed by atoms with E-state index >= 15 is 0 Å². The molecule has 0 radical (unpaired) electrons. The van der Waals surface area contributed by atoms with Gasteiger partial charge in [-0.25, -0.2) is 0 Å². The van der Waals surface area contributed by atoms with E-state index in [1.54, 1.807) is 55.4 Å². The molecule has 0 aliphatic rings. The number of carbonyl (C=O) groups excluding carboxylic acids is 2. The number of likely N-dealkylation sites (N-methyl/N-ethyl adjacent to an activating group) is 1. The molecular weight excluding hydrogens is 330 g/mol. The molecule has 1 aromatic carbocycles. The largest absolute Gasteiger partial charge is 0.370 e. The summed E-state index contributed by atoms with van der Waals surface area (Å²) in [5, 5.41) is 10.4. The van der Waals surface area contributed by atoms with Gasteiger partial charge in [-0.2, -0.15) is 5.10 Å². The molecular formula is C16H20ClN5O2. The maximum Gasteiger partial charge on any atom is 0.242 e. The lowest BCUT2D eigenvalue weighted by Crippen LogP contribution is -2.39. The van der Waals surface area contributed by atoms with Gasteiger partial charge in [0.2, 0.25) is 11.8 Å². The van der Waals surface area contributed by atoms with Gasteiger partial charge in [0.25, 0.3) is 0 Å². The predicted octanol–water partition coefficient (Wildman–Crippen LogP) is 1.07. The molecule has 8 heteroatoms. The Bertz CT molecular complexity index is 731. The normalized spacial score (nSPS) is 13.3. The van der Waals surface area contributed by atoms with Crippen molar-refractivity contribution in [1.82, 2.24) is 20.4 Å². The lowest BCUT2D eigenvalue weighted by atomic mass is 10.0. The maximum atomic E-state index is 12.6. The summed E-state index contributed by atoms with van der Waals surface area (Å²) in [6.07, 6.45) is 3.35. The molecule has 0 aliphatic heterocycles. The van der Waals surface area contributed by atoms with E-state index in [4.69, 9.17) is 17.3 Å². The first-order valence-electron chi connectivity index (χ1n) is 7.40. The topological polar surface area (TPSA) is 102 Å². The molecule has 7 nitrogen and oxygen atoms in total. The second-order valence-corrected chi connectivity index (χ2v) is 5.89. The van der Waals surface area contributed by atoms with Crippen LogP contribution in [0.5, 0.6) is 0 Å². The molecule has 1 heterocycles. The Morgan fingerprint density at radius 3 is 2.67 bits per heavy atom. The van der Waals surface area contributed by atoms with Crippen molar-refractivity contribution in [3.63, 3.8) is 0 Å². The predicted molar refractivity (Wildman–Crippen MR) is 91.2 cm³/mol. The van der Waals surface area contributed by atoms with Crippen molar-refractivity contribution in [3.8, 4) is 0 Å². The number of nitrogens with two attached hydrogens (primary N) is 1. The number of amides is 2. The zero-order valence-electron chi connectivity index (χ0n) is 13.5. The van der Waals surface area contributed by atoms with Gasteiger partial charge < -0.3 is 16.4 Å². The number of aryl methyl sites for hydroxylation is 1. The fourth-order valence-corrected chi connectivity index (χ4v) is 2.67. The van der Waals surface area contributed by atoms with Crippen LogP contribution in [0.1, 0.15) is 29.6 Å². The first-order chi connectivity index (χ1) is 11.4. The zero-order chi connectivity index (χ0) is 17.7. The highest BCUT2D eigenvalue weighted by Crippen LogP contribution is 2.22. The third-order valence-corrected chi connectivity index (χ3v) is 3.82. The van der Waals surface area contributed by atoms with Gasteiger partial charge in [0.15, 0.2) is 0 Å². The summed E-state index contributed by atoms with van der Waals surface area (Å²) in [6, 6.07) is 5.83. The number of nitrogens with one attached hydrogen (secondary N) is 2. The van der Waals surface area contributed by atoms with Crippen LogP contribution in [0.2, 0.25) is 5.02 Å². The monoisotopic (exact) mass is 349 g/mol. The van der Waals surface area contributed by atoms with E-state index in [1.165, 1.54) is 0 Å². The van der Waals surface area contributed by atoms with Crippen LogP contribution in [0, 0.1) is 0 Å². The third kappa shape index (κ3) is 4.56. The molecule has 0 saturated carbocycles. The van der Waals surface area contributed by atoms with Crippen molar-refractivity contribution >= 4 is 23.4 Å². The molecule has 0 fully saturated rings. The second kappa shape index (κ2) is 7.94. The minimum absolute atomic E-state index is 0.0183. The van der Waals surface area contributed by atoms with E-state index in [1.807, 2.05) is 0 Å². The highest BCUT2D eigenvalue weighted by molar-refractivity contribution is 6.30. The minimum Gasteiger partial charge on any atom is -0.370 e.